The summed E-state index contributed by atoms with van der Waals surface area (Å²) in [7, 11) is 0. The van der Waals surface area contributed by atoms with E-state index in [1.165, 1.54) is 0 Å². The van der Waals surface area contributed by atoms with Gasteiger partial charge in [-0.3, -0.25) is 14.4 Å². The van der Waals surface area contributed by atoms with E-state index < -0.39 is 5.97 Å². The van der Waals surface area contributed by atoms with Crippen molar-refractivity contribution in [2.45, 2.75) is 71.0 Å². The van der Waals surface area contributed by atoms with Gasteiger partial charge in [0.05, 0.1) is 18.2 Å². The smallest absolute Gasteiger partial charge is 0.304 e. The summed E-state index contributed by atoms with van der Waals surface area (Å²) in [6.07, 6.45) is 7.75. The molecule has 0 bridgehead atoms. The minimum atomic E-state index is -0.700. The molecule has 1 fully saturated rings. The zero-order valence-corrected chi connectivity index (χ0v) is 13.2. The molecule has 5 heteroatoms. The first-order chi connectivity index (χ1) is 10.1. The second-order valence-corrected chi connectivity index (χ2v) is 5.98. The van der Waals surface area contributed by atoms with Crippen molar-refractivity contribution in [3.63, 3.8) is 0 Å². The molecule has 1 aliphatic heterocycles. The van der Waals surface area contributed by atoms with E-state index in [-0.39, 0.29) is 12.5 Å². The maximum absolute atomic E-state index is 11.0. The third-order valence-corrected chi connectivity index (χ3v) is 4.50. The molecule has 0 radical (unpaired) electrons. The fraction of sp³-hybridized carbons (Fsp3) is 0.750. The minimum absolute atomic E-state index is 0.162. The van der Waals surface area contributed by atoms with Crippen molar-refractivity contribution >= 4 is 5.97 Å². The van der Waals surface area contributed by atoms with Crippen LogP contribution in [0.15, 0.2) is 12.3 Å². The van der Waals surface area contributed by atoms with Gasteiger partial charge in [-0.2, -0.15) is 5.10 Å². The first-order valence-electron chi connectivity index (χ1n) is 8.13. The molecule has 1 aliphatic rings. The number of rotatable bonds is 7. The van der Waals surface area contributed by atoms with Gasteiger partial charge in [-0.1, -0.05) is 20.3 Å². The highest BCUT2D eigenvalue weighted by atomic mass is 16.4. The summed E-state index contributed by atoms with van der Waals surface area (Å²) in [6.45, 7) is 6.12. The van der Waals surface area contributed by atoms with Crippen LogP contribution in [0.2, 0.25) is 0 Å². The van der Waals surface area contributed by atoms with Gasteiger partial charge in [0.1, 0.15) is 0 Å². The molecule has 1 unspecified atom stereocenters. The first kappa shape index (κ1) is 16.0. The van der Waals surface area contributed by atoms with Gasteiger partial charge >= 0.3 is 5.97 Å². The standard InChI is InChI=1S/C16H27N3O2/c1-3-14(4-2)19-10-8-13(17-19)12-18-9-6-5-7-15(18)11-16(20)21/h8,10,14-15H,3-7,9,11-12H2,1-2H3,(H,20,21). The molecule has 0 spiro atoms. The van der Waals surface area contributed by atoms with E-state index in [4.69, 9.17) is 5.11 Å². The summed E-state index contributed by atoms with van der Waals surface area (Å²) in [6, 6.07) is 2.70. The Labute approximate surface area is 126 Å². The number of likely N-dealkylation sites (tertiary alicyclic amines) is 1. The van der Waals surface area contributed by atoms with Crippen LogP contribution in [0.4, 0.5) is 0 Å². The zero-order valence-electron chi connectivity index (χ0n) is 13.2. The van der Waals surface area contributed by atoms with E-state index >= 15 is 0 Å². The van der Waals surface area contributed by atoms with Crippen LogP contribution < -0.4 is 0 Å². The molecule has 1 N–H and O–H groups in total. The number of hydrogen-bond acceptors (Lipinski definition) is 3. The maximum atomic E-state index is 11.0. The Morgan fingerprint density at radius 3 is 2.86 bits per heavy atom. The molecule has 2 heterocycles. The van der Waals surface area contributed by atoms with Crippen molar-refractivity contribution < 1.29 is 9.90 Å². The Balaban J connectivity index is 2.00. The first-order valence-corrected chi connectivity index (χ1v) is 8.13. The molecule has 0 aliphatic carbocycles. The van der Waals surface area contributed by atoms with Crippen molar-refractivity contribution in [3.05, 3.63) is 18.0 Å². The van der Waals surface area contributed by atoms with Crippen molar-refractivity contribution in [3.8, 4) is 0 Å². The molecule has 1 atom stereocenters. The second-order valence-electron chi connectivity index (χ2n) is 5.98. The fourth-order valence-electron chi connectivity index (χ4n) is 3.24. The summed E-state index contributed by atoms with van der Waals surface area (Å²) in [4.78, 5) is 13.3. The average Bonchev–Trinajstić information content (AvgIpc) is 2.90. The van der Waals surface area contributed by atoms with Crippen LogP contribution in [-0.4, -0.2) is 38.3 Å². The van der Waals surface area contributed by atoms with Gasteiger partial charge in [-0.05, 0) is 38.3 Å². The highest BCUT2D eigenvalue weighted by Crippen LogP contribution is 2.22. The predicted molar refractivity (Wildman–Crippen MR) is 82.1 cm³/mol. The molecule has 118 valence electrons. The highest BCUT2D eigenvalue weighted by molar-refractivity contribution is 5.67. The van der Waals surface area contributed by atoms with Gasteiger partial charge in [0.15, 0.2) is 0 Å². The lowest BCUT2D eigenvalue weighted by atomic mass is 9.99. The van der Waals surface area contributed by atoms with Crippen molar-refractivity contribution in [2.75, 3.05) is 6.54 Å². The normalized spacial score (nSPS) is 20.0. The summed E-state index contributed by atoms with van der Waals surface area (Å²) in [5.74, 6) is -0.700. The number of hydrogen-bond donors (Lipinski definition) is 1. The molecular formula is C16H27N3O2. The van der Waals surface area contributed by atoms with Crippen molar-refractivity contribution in [1.29, 1.82) is 0 Å². The number of nitrogens with zero attached hydrogens (tertiary/aromatic N) is 3. The average molecular weight is 293 g/mol. The van der Waals surface area contributed by atoms with Gasteiger partial charge in [0.2, 0.25) is 0 Å². The molecule has 5 nitrogen and oxygen atoms in total. The van der Waals surface area contributed by atoms with E-state index in [9.17, 15) is 4.79 Å². The predicted octanol–water partition coefficient (Wildman–Crippen LogP) is 3.07. The van der Waals surface area contributed by atoms with Crippen molar-refractivity contribution in [2.24, 2.45) is 0 Å². The number of carbonyl (C=O) groups is 1. The number of piperidine rings is 1. The van der Waals surface area contributed by atoms with Gasteiger partial charge in [0.25, 0.3) is 0 Å². The van der Waals surface area contributed by atoms with Crippen LogP contribution >= 0.6 is 0 Å². The summed E-state index contributed by atoms with van der Waals surface area (Å²) >= 11 is 0. The molecule has 0 saturated carbocycles. The van der Waals surface area contributed by atoms with E-state index in [1.54, 1.807) is 0 Å². The molecule has 1 aromatic rings. The van der Waals surface area contributed by atoms with Gasteiger partial charge in [-0.25, -0.2) is 0 Å². The SMILES string of the molecule is CCC(CC)n1ccc(CN2CCCCC2CC(=O)O)n1. The number of carboxylic acid groups (broad SMARTS) is 1. The largest absolute Gasteiger partial charge is 0.481 e. The molecule has 1 aromatic heterocycles. The quantitative estimate of drug-likeness (QED) is 0.839. The number of aliphatic carboxylic acids is 1. The topological polar surface area (TPSA) is 58.4 Å². The Morgan fingerprint density at radius 1 is 1.43 bits per heavy atom. The van der Waals surface area contributed by atoms with Crippen LogP contribution in [0.5, 0.6) is 0 Å². The van der Waals surface area contributed by atoms with E-state index in [0.717, 1.165) is 50.9 Å². The lowest BCUT2D eigenvalue weighted by Gasteiger charge is -2.34. The molecule has 1 saturated heterocycles. The van der Waals surface area contributed by atoms with Crippen LogP contribution in [-0.2, 0) is 11.3 Å². The van der Waals surface area contributed by atoms with Gasteiger partial charge in [-0.15, -0.1) is 0 Å². The van der Waals surface area contributed by atoms with Crippen molar-refractivity contribution in [1.82, 2.24) is 14.7 Å². The van der Waals surface area contributed by atoms with Gasteiger partial charge < -0.3 is 5.11 Å². The Morgan fingerprint density at radius 2 is 2.19 bits per heavy atom. The third kappa shape index (κ3) is 4.30. The monoisotopic (exact) mass is 293 g/mol. The Bertz CT molecular complexity index is 454. The molecule has 0 aromatic carbocycles. The minimum Gasteiger partial charge on any atom is -0.481 e. The molecular weight excluding hydrogens is 266 g/mol. The number of carboxylic acids is 1. The zero-order chi connectivity index (χ0) is 15.2. The third-order valence-electron chi connectivity index (χ3n) is 4.50. The summed E-state index contributed by atoms with van der Waals surface area (Å²) in [5.41, 5.74) is 1.05. The summed E-state index contributed by atoms with van der Waals surface area (Å²) in [5, 5.41) is 13.7. The van der Waals surface area contributed by atoms with E-state index in [2.05, 4.69) is 40.8 Å². The molecule has 0 amide bonds. The lowest BCUT2D eigenvalue weighted by molar-refractivity contribution is -0.138. The van der Waals surface area contributed by atoms with E-state index in [0.29, 0.717) is 6.04 Å². The van der Waals surface area contributed by atoms with Crippen LogP contribution in [0.25, 0.3) is 0 Å². The Kier molecular flexibility index (Phi) is 5.79. The van der Waals surface area contributed by atoms with Gasteiger partial charge in [0, 0.05) is 18.8 Å². The lowest BCUT2D eigenvalue weighted by Crippen LogP contribution is -2.40. The fourth-order valence-corrected chi connectivity index (χ4v) is 3.24. The maximum Gasteiger partial charge on any atom is 0.304 e. The molecule has 2 rings (SSSR count). The second kappa shape index (κ2) is 7.59. The van der Waals surface area contributed by atoms with Crippen LogP contribution in [0, 0.1) is 0 Å². The van der Waals surface area contributed by atoms with E-state index in [1.807, 2.05) is 0 Å². The molecule has 21 heavy (non-hydrogen) atoms. The van der Waals surface area contributed by atoms with Crippen LogP contribution in [0.3, 0.4) is 0 Å². The number of aromatic nitrogens is 2. The van der Waals surface area contributed by atoms with Crippen LogP contribution in [0.1, 0.15) is 64.1 Å². The summed E-state index contributed by atoms with van der Waals surface area (Å²) < 4.78 is 2.06. The highest BCUT2D eigenvalue weighted by Gasteiger charge is 2.25. The Hall–Kier alpha value is -1.36.